The first-order valence-corrected chi connectivity index (χ1v) is 3.83. The van der Waals surface area contributed by atoms with Crippen LogP contribution < -0.4 is 11.3 Å². The van der Waals surface area contributed by atoms with Gasteiger partial charge in [0.25, 0.3) is 0 Å². The van der Waals surface area contributed by atoms with Crippen LogP contribution in [-0.4, -0.2) is 18.6 Å². The van der Waals surface area contributed by atoms with Gasteiger partial charge >= 0.3 is 5.97 Å². The quantitative estimate of drug-likeness (QED) is 0.342. The summed E-state index contributed by atoms with van der Waals surface area (Å²) in [7, 11) is 0. The Balaban J connectivity index is 3.36. The van der Waals surface area contributed by atoms with Crippen molar-refractivity contribution in [3.05, 3.63) is 0 Å². The summed E-state index contributed by atoms with van der Waals surface area (Å²) in [4.78, 5) is 10.9. The number of rotatable bonds is 5. The lowest BCUT2D eigenvalue weighted by atomic mass is 10.3. The molecule has 0 fully saturated rings. The van der Waals surface area contributed by atoms with Gasteiger partial charge in [0.05, 0.1) is 12.5 Å². The van der Waals surface area contributed by atoms with Gasteiger partial charge in [-0.3, -0.25) is 16.1 Å². The second-order valence-corrected chi connectivity index (χ2v) is 2.41. The topological polar surface area (TPSA) is 64.3 Å². The highest BCUT2D eigenvalue weighted by atomic mass is 16.5. The monoisotopic (exact) mass is 160 g/mol. The van der Waals surface area contributed by atoms with E-state index in [0.29, 0.717) is 13.0 Å². The number of carbonyl (C=O) groups is 1. The summed E-state index contributed by atoms with van der Waals surface area (Å²) in [5.74, 6) is 4.79. The molecule has 0 heterocycles. The van der Waals surface area contributed by atoms with Crippen molar-refractivity contribution in [2.24, 2.45) is 5.84 Å². The van der Waals surface area contributed by atoms with Crippen LogP contribution in [0.2, 0.25) is 0 Å². The Labute approximate surface area is 67.1 Å². The van der Waals surface area contributed by atoms with E-state index in [-0.39, 0.29) is 12.1 Å². The molecule has 1 unspecified atom stereocenters. The average molecular weight is 160 g/mol. The Morgan fingerprint density at radius 2 is 2.36 bits per heavy atom. The van der Waals surface area contributed by atoms with E-state index < -0.39 is 0 Å². The summed E-state index contributed by atoms with van der Waals surface area (Å²) in [6.07, 6.45) is 1.20. The van der Waals surface area contributed by atoms with E-state index in [0.717, 1.165) is 6.42 Å². The van der Waals surface area contributed by atoms with Crippen molar-refractivity contribution in [2.75, 3.05) is 6.54 Å². The molecular formula is C7H16N2O2. The minimum atomic E-state index is -0.197. The van der Waals surface area contributed by atoms with E-state index in [1.165, 1.54) is 0 Å². The highest BCUT2D eigenvalue weighted by Gasteiger charge is 2.05. The zero-order valence-corrected chi connectivity index (χ0v) is 7.09. The fourth-order valence-electron chi connectivity index (χ4n) is 0.541. The summed E-state index contributed by atoms with van der Waals surface area (Å²) in [6, 6.07) is 0. The van der Waals surface area contributed by atoms with E-state index in [1.54, 1.807) is 0 Å². The molecular weight excluding hydrogens is 144 g/mol. The van der Waals surface area contributed by atoms with Gasteiger partial charge in [0.1, 0.15) is 0 Å². The van der Waals surface area contributed by atoms with Crippen LogP contribution in [-0.2, 0) is 9.53 Å². The molecule has 4 heteroatoms. The molecule has 0 spiro atoms. The molecule has 0 radical (unpaired) electrons. The summed E-state index contributed by atoms with van der Waals surface area (Å²) in [5.41, 5.74) is 2.39. The van der Waals surface area contributed by atoms with Crippen molar-refractivity contribution >= 4 is 5.97 Å². The molecule has 0 amide bonds. The van der Waals surface area contributed by atoms with Gasteiger partial charge in [0, 0.05) is 6.54 Å². The van der Waals surface area contributed by atoms with Crippen LogP contribution in [0.4, 0.5) is 0 Å². The van der Waals surface area contributed by atoms with E-state index in [2.05, 4.69) is 5.43 Å². The molecule has 0 aliphatic rings. The number of hydrazine groups is 1. The van der Waals surface area contributed by atoms with Crippen LogP contribution in [0.1, 0.15) is 26.7 Å². The molecule has 3 N–H and O–H groups in total. The second kappa shape index (κ2) is 6.12. The molecule has 0 aliphatic heterocycles. The van der Waals surface area contributed by atoms with Gasteiger partial charge in [0.15, 0.2) is 0 Å². The molecule has 0 aromatic carbocycles. The Morgan fingerprint density at radius 3 is 2.82 bits per heavy atom. The zero-order chi connectivity index (χ0) is 8.69. The Bertz CT molecular complexity index is 117. The predicted molar refractivity (Wildman–Crippen MR) is 42.7 cm³/mol. The first kappa shape index (κ1) is 10.4. The number of ether oxygens (including phenoxy) is 1. The Hall–Kier alpha value is -0.610. The predicted octanol–water partition coefficient (Wildman–Crippen LogP) is 0.181. The van der Waals surface area contributed by atoms with Crippen LogP contribution in [0.15, 0.2) is 0 Å². The number of nitrogens with two attached hydrogens (primary N) is 1. The lowest BCUT2D eigenvalue weighted by Crippen LogP contribution is -2.26. The van der Waals surface area contributed by atoms with Crippen LogP contribution in [0.3, 0.4) is 0 Å². The number of nitrogens with one attached hydrogen (secondary N) is 1. The van der Waals surface area contributed by atoms with Crippen LogP contribution >= 0.6 is 0 Å². The minimum absolute atomic E-state index is 0.0141. The van der Waals surface area contributed by atoms with Gasteiger partial charge in [-0.1, -0.05) is 6.92 Å². The molecule has 0 aromatic heterocycles. The van der Waals surface area contributed by atoms with Crippen molar-refractivity contribution in [3.63, 3.8) is 0 Å². The maximum Gasteiger partial charge on any atom is 0.307 e. The smallest absolute Gasteiger partial charge is 0.307 e. The van der Waals surface area contributed by atoms with E-state index in [4.69, 9.17) is 10.6 Å². The Morgan fingerprint density at radius 1 is 1.73 bits per heavy atom. The molecule has 0 saturated heterocycles. The third-order valence-electron chi connectivity index (χ3n) is 1.38. The SMILES string of the molecule is CCC(C)OC(=O)CCNN. The minimum Gasteiger partial charge on any atom is -0.463 e. The van der Waals surface area contributed by atoms with Gasteiger partial charge in [-0.15, -0.1) is 0 Å². The molecule has 0 bridgehead atoms. The molecule has 66 valence electrons. The molecule has 11 heavy (non-hydrogen) atoms. The van der Waals surface area contributed by atoms with Crippen molar-refractivity contribution in [1.29, 1.82) is 0 Å². The zero-order valence-electron chi connectivity index (χ0n) is 7.09. The van der Waals surface area contributed by atoms with E-state index in [9.17, 15) is 4.79 Å². The molecule has 0 aromatic rings. The highest BCUT2D eigenvalue weighted by Crippen LogP contribution is 1.97. The number of carbonyl (C=O) groups excluding carboxylic acids is 1. The first-order valence-electron chi connectivity index (χ1n) is 3.83. The summed E-state index contributed by atoms with van der Waals surface area (Å²) >= 11 is 0. The average Bonchev–Trinajstić information content (AvgIpc) is 2.00. The van der Waals surface area contributed by atoms with Crippen molar-refractivity contribution in [3.8, 4) is 0 Å². The van der Waals surface area contributed by atoms with Crippen LogP contribution in [0.5, 0.6) is 0 Å². The molecule has 1 atom stereocenters. The summed E-state index contributed by atoms with van der Waals surface area (Å²) < 4.78 is 4.97. The normalized spacial score (nSPS) is 12.6. The van der Waals surface area contributed by atoms with Gasteiger partial charge < -0.3 is 4.74 Å². The number of hydrogen-bond donors (Lipinski definition) is 2. The maximum atomic E-state index is 10.9. The van der Waals surface area contributed by atoms with Gasteiger partial charge in [0.2, 0.25) is 0 Å². The fourth-order valence-corrected chi connectivity index (χ4v) is 0.541. The number of hydrogen-bond acceptors (Lipinski definition) is 4. The standard InChI is InChI=1S/C7H16N2O2/c1-3-6(2)11-7(10)4-5-9-8/h6,9H,3-5,8H2,1-2H3. The second-order valence-electron chi connectivity index (χ2n) is 2.41. The van der Waals surface area contributed by atoms with Crippen molar-refractivity contribution < 1.29 is 9.53 Å². The lowest BCUT2D eigenvalue weighted by molar-refractivity contribution is -0.148. The Kier molecular flexibility index (Phi) is 5.78. The van der Waals surface area contributed by atoms with Crippen molar-refractivity contribution in [2.45, 2.75) is 32.8 Å². The highest BCUT2D eigenvalue weighted by molar-refractivity contribution is 5.69. The van der Waals surface area contributed by atoms with Crippen LogP contribution in [0, 0.1) is 0 Å². The summed E-state index contributed by atoms with van der Waals surface area (Å²) in [5, 5.41) is 0. The molecule has 0 aliphatic carbocycles. The van der Waals surface area contributed by atoms with E-state index >= 15 is 0 Å². The largest absolute Gasteiger partial charge is 0.463 e. The first-order chi connectivity index (χ1) is 5.20. The van der Waals surface area contributed by atoms with Gasteiger partial charge in [-0.2, -0.15) is 0 Å². The third-order valence-corrected chi connectivity index (χ3v) is 1.38. The number of esters is 1. The molecule has 0 saturated carbocycles. The van der Waals surface area contributed by atoms with Crippen molar-refractivity contribution in [1.82, 2.24) is 5.43 Å². The molecule has 4 nitrogen and oxygen atoms in total. The van der Waals surface area contributed by atoms with Gasteiger partial charge in [-0.25, -0.2) is 0 Å². The van der Waals surface area contributed by atoms with Gasteiger partial charge in [-0.05, 0) is 13.3 Å². The molecule has 0 rings (SSSR count). The lowest BCUT2D eigenvalue weighted by Gasteiger charge is -2.09. The summed E-state index contributed by atoms with van der Waals surface area (Å²) in [6.45, 7) is 4.31. The maximum absolute atomic E-state index is 10.9. The fraction of sp³-hybridized carbons (Fsp3) is 0.857. The third kappa shape index (κ3) is 5.82. The van der Waals surface area contributed by atoms with E-state index in [1.807, 2.05) is 13.8 Å². The van der Waals surface area contributed by atoms with Crippen LogP contribution in [0.25, 0.3) is 0 Å².